The molecule has 0 atom stereocenters. The minimum absolute atomic E-state index is 0.560. The molecule has 1 aromatic heterocycles. The predicted molar refractivity (Wildman–Crippen MR) is 69.6 cm³/mol. The van der Waals surface area contributed by atoms with Gasteiger partial charge in [-0.25, -0.2) is 0 Å². The third-order valence-corrected chi connectivity index (χ3v) is 2.82. The van der Waals surface area contributed by atoms with E-state index in [2.05, 4.69) is 4.98 Å². The molecule has 1 heterocycles. The molecule has 0 spiro atoms. The van der Waals surface area contributed by atoms with E-state index in [1.807, 2.05) is 42.5 Å². The standard InChI is InChI=1S/C13H9Cl2N/c14-12-7-5-10(9-13(12)15)4-6-11-3-1-2-8-16-11/h1-9H/b6-4+. The summed E-state index contributed by atoms with van der Waals surface area (Å²) in [6, 6.07) is 11.3. The van der Waals surface area contributed by atoms with Crippen molar-refractivity contribution in [1.29, 1.82) is 0 Å². The van der Waals surface area contributed by atoms with E-state index in [0.29, 0.717) is 10.0 Å². The highest BCUT2D eigenvalue weighted by atomic mass is 35.5. The van der Waals surface area contributed by atoms with Crippen LogP contribution >= 0.6 is 23.2 Å². The molecule has 3 heteroatoms. The maximum Gasteiger partial charge on any atom is 0.0629 e. The Labute approximate surface area is 104 Å². The normalized spacial score (nSPS) is 10.9. The number of hydrogen-bond acceptors (Lipinski definition) is 1. The van der Waals surface area contributed by atoms with Crippen LogP contribution in [0.2, 0.25) is 10.0 Å². The number of nitrogens with zero attached hydrogens (tertiary/aromatic N) is 1. The zero-order chi connectivity index (χ0) is 11.4. The molecule has 2 aromatic rings. The molecule has 0 aliphatic carbocycles. The lowest BCUT2D eigenvalue weighted by atomic mass is 10.2. The summed E-state index contributed by atoms with van der Waals surface area (Å²) in [5.41, 5.74) is 1.91. The summed E-state index contributed by atoms with van der Waals surface area (Å²) in [5.74, 6) is 0. The number of hydrogen-bond donors (Lipinski definition) is 0. The molecule has 0 fully saturated rings. The molecule has 1 aromatic carbocycles. The fraction of sp³-hybridized carbons (Fsp3) is 0. The van der Waals surface area contributed by atoms with Crippen LogP contribution in [-0.4, -0.2) is 4.98 Å². The molecule has 16 heavy (non-hydrogen) atoms. The van der Waals surface area contributed by atoms with E-state index < -0.39 is 0 Å². The van der Waals surface area contributed by atoms with Gasteiger partial charge in [-0.1, -0.05) is 41.4 Å². The molecule has 0 bridgehead atoms. The van der Waals surface area contributed by atoms with Crippen LogP contribution in [0, 0.1) is 0 Å². The number of rotatable bonds is 2. The van der Waals surface area contributed by atoms with Crippen LogP contribution in [0.15, 0.2) is 42.6 Å². The molecular weight excluding hydrogens is 241 g/mol. The van der Waals surface area contributed by atoms with Gasteiger partial charge < -0.3 is 0 Å². The summed E-state index contributed by atoms with van der Waals surface area (Å²) in [5, 5.41) is 1.13. The Morgan fingerprint density at radius 1 is 0.938 bits per heavy atom. The summed E-state index contributed by atoms with van der Waals surface area (Å²) in [6.07, 6.45) is 5.64. The van der Waals surface area contributed by atoms with Gasteiger partial charge in [-0.05, 0) is 35.9 Å². The van der Waals surface area contributed by atoms with Crippen molar-refractivity contribution in [3.05, 3.63) is 63.9 Å². The lowest BCUT2D eigenvalue weighted by Crippen LogP contribution is -1.77. The average Bonchev–Trinajstić information content (AvgIpc) is 2.32. The topological polar surface area (TPSA) is 12.9 Å². The van der Waals surface area contributed by atoms with Crippen molar-refractivity contribution < 1.29 is 0 Å². The second-order valence-corrected chi connectivity index (χ2v) is 4.08. The van der Waals surface area contributed by atoms with Crippen LogP contribution in [-0.2, 0) is 0 Å². The van der Waals surface area contributed by atoms with Crippen LogP contribution in [0.1, 0.15) is 11.3 Å². The van der Waals surface area contributed by atoms with Gasteiger partial charge in [0.05, 0.1) is 15.7 Å². The quantitative estimate of drug-likeness (QED) is 0.761. The summed E-state index contributed by atoms with van der Waals surface area (Å²) < 4.78 is 0. The molecule has 0 saturated heterocycles. The van der Waals surface area contributed by atoms with E-state index in [1.54, 1.807) is 12.3 Å². The van der Waals surface area contributed by atoms with E-state index >= 15 is 0 Å². The van der Waals surface area contributed by atoms with E-state index in [-0.39, 0.29) is 0 Å². The van der Waals surface area contributed by atoms with Gasteiger partial charge in [-0.2, -0.15) is 0 Å². The van der Waals surface area contributed by atoms with E-state index in [0.717, 1.165) is 11.3 Å². The summed E-state index contributed by atoms with van der Waals surface area (Å²) in [6.45, 7) is 0. The first kappa shape index (κ1) is 11.2. The maximum atomic E-state index is 5.91. The Hall–Kier alpha value is -1.31. The fourth-order valence-electron chi connectivity index (χ4n) is 1.27. The average molecular weight is 250 g/mol. The van der Waals surface area contributed by atoms with E-state index in [9.17, 15) is 0 Å². The SMILES string of the molecule is Clc1ccc(/C=C/c2ccccn2)cc1Cl. The van der Waals surface area contributed by atoms with Crippen LogP contribution in [0.5, 0.6) is 0 Å². The lowest BCUT2D eigenvalue weighted by Gasteiger charge is -1.97. The van der Waals surface area contributed by atoms with Gasteiger partial charge in [0.2, 0.25) is 0 Å². The first-order valence-electron chi connectivity index (χ1n) is 4.80. The first-order chi connectivity index (χ1) is 7.75. The van der Waals surface area contributed by atoms with E-state index in [4.69, 9.17) is 23.2 Å². The summed E-state index contributed by atoms with van der Waals surface area (Å²) in [4.78, 5) is 4.19. The molecule has 0 unspecified atom stereocenters. The second kappa shape index (κ2) is 5.15. The van der Waals surface area contributed by atoms with Crippen molar-refractivity contribution in [1.82, 2.24) is 4.98 Å². The highest BCUT2D eigenvalue weighted by Gasteiger charge is 1.96. The highest BCUT2D eigenvalue weighted by molar-refractivity contribution is 6.42. The van der Waals surface area contributed by atoms with Crippen molar-refractivity contribution in [3.63, 3.8) is 0 Å². The molecule has 0 saturated carbocycles. The van der Waals surface area contributed by atoms with Crippen LogP contribution < -0.4 is 0 Å². The third kappa shape index (κ3) is 2.84. The maximum absolute atomic E-state index is 5.91. The second-order valence-electron chi connectivity index (χ2n) is 3.26. The predicted octanol–water partition coefficient (Wildman–Crippen LogP) is 4.56. The summed E-state index contributed by atoms with van der Waals surface area (Å²) in [7, 11) is 0. The molecule has 0 aliphatic rings. The van der Waals surface area contributed by atoms with Gasteiger partial charge in [0.15, 0.2) is 0 Å². The van der Waals surface area contributed by atoms with E-state index in [1.165, 1.54) is 0 Å². The van der Waals surface area contributed by atoms with Crippen LogP contribution in [0.4, 0.5) is 0 Å². The molecule has 0 aliphatic heterocycles. The Morgan fingerprint density at radius 2 is 1.81 bits per heavy atom. The molecule has 0 amide bonds. The van der Waals surface area contributed by atoms with Crippen molar-refractivity contribution in [2.24, 2.45) is 0 Å². The summed E-state index contributed by atoms with van der Waals surface area (Å²) >= 11 is 11.7. The Bertz CT molecular complexity index is 507. The lowest BCUT2D eigenvalue weighted by molar-refractivity contribution is 1.30. The van der Waals surface area contributed by atoms with Gasteiger partial charge in [0, 0.05) is 6.20 Å². The highest BCUT2D eigenvalue weighted by Crippen LogP contribution is 2.23. The minimum Gasteiger partial charge on any atom is -0.257 e. The monoisotopic (exact) mass is 249 g/mol. The van der Waals surface area contributed by atoms with Crippen molar-refractivity contribution in [2.45, 2.75) is 0 Å². The zero-order valence-electron chi connectivity index (χ0n) is 8.40. The molecule has 1 nitrogen and oxygen atoms in total. The fourth-order valence-corrected chi connectivity index (χ4v) is 1.58. The van der Waals surface area contributed by atoms with Gasteiger partial charge in [-0.3, -0.25) is 4.98 Å². The smallest absolute Gasteiger partial charge is 0.0629 e. The first-order valence-corrected chi connectivity index (χ1v) is 5.55. The van der Waals surface area contributed by atoms with Crippen molar-refractivity contribution in [3.8, 4) is 0 Å². The zero-order valence-corrected chi connectivity index (χ0v) is 9.91. The molecule has 0 radical (unpaired) electrons. The number of pyridine rings is 1. The van der Waals surface area contributed by atoms with Crippen molar-refractivity contribution in [2.75, 3.05) is 0 Å². The van der Waals surface area contributed by atoms with Crippen LogP contribution in [0.25, 0.3) is 12.2 Å². The largest absolute Gasteiger partial charge is 0.257 e. The Morgan fingerprint density at radius 3 is 2.50 bits per heavy atom. The number of benzene rings is 1. The molecule has 0 N–H and O–H groups in total. The molecule has 2 rings (SSSR count). The van der Waals surface area contributed by atoms with Gasteiger partial charge in [0.1, 0.15) is 0 Å². The minimum atomic E-state index is 0.560. The molecular formula is C13H9Cl2N. The Balaban J connectivity index is 2.21. The molecule has 80 valence electrons. The van der Waals surface area contributed by atoms with Crippen LogP contribution in [0.3, 0.4) is 0 Å². The Kier molecular flexibility index (Phi) is 3.60. The van der Waals surface area contributed by atoms with Crippen molar-refractivity contribution >= 4 is 35.4 Å². The number of aromatic nitrogens is 1. The van der Waals surface area contributed by atoms with Gasteiger partial charge in [-0.15, -0.1) is 0 Å². The van der Waals surface area contributed by atoms with Gasteiger partial charge >= 0.3 is 0 Å². The van der Waals surface area contributed by atoms with Gasteiger partial charge in [0.25, 0.3) is 0 Å². The number of halogens is 2. The third-order valence-electron chi connectivity index (χ3n) is 2.08.